The van der Waals surface area contributed by atoms with Crippen LogP contribution in [-0.2, 0) is 22.4 Å². The number of aliphatic hydroxyl groups excluding tert-OH is 1. The van der Waals surface area contributed by atoms with Gasteiger partial charge in [0.2, 0.25) is 5.91 Å². The highest BCUT2D eigenvalue weighted by atomic mass is 32.2. The Morgan fingerprint density at radius 3 is 2.66 bits per heavy atom. The number of hydrogen-bond acceptors (Lipinski definition) is 5. The highest BCUT2D eigenvalue weighted by Gasteiger charge is 2.47. The van der Waals surface area contributed by atoms with Crippen LogP contribution in [0.5, 0.6) is 0 Å². The van der Waals surface area contributed by atoms with E-state index in [2.05, 4.69) is 12.1 Å². The molecule has 150 valence electrons. The number of hydrogen-bond donors (Lipinski definition) is 1. The van der Waals surface area contributed by atoms with Crippen molar-refractivity contribution in [3.05, 3.63) is 64.7 Å². The Hall–Kier alpha value is -2.31. The summed E-state index contributed by atoms with van der Waals surface area (Å²) in [5.74, 6) is -1.07. The molecule has 0 spiro atoms. The Labute approximate surface area is 174 Å². The number of nitrogens with zero attached hydrogens (tertiary/aromatic N) is 1. The summed E-state index contributed by atoms with van der Waals surface area (Å²) in [5.41, 5.74) is 4.35. The van der Waals surface area contributed by atoms with Gasteiger partial charge >= 0.3 is 6.09 Å². The highest BCUT2D eigenvalue weighted by molar-refractivity contribution is 7.99. The van der Waals surface area contributed by atoms with Crippen molar-refractivity contribution in [3.63, 3.8) is 0 Å². The van der Waals surface area contributed by atoms with E-state index in [0.29, 0.717) is 0 Å². The highest BCUT2D eigenvalue weighted by Crippen LogP contribution is 2.54. The Morgan fingerprint density at radius 1 is 1.10 bits per heavy atom. The van der Waals surface area contributed by atoms with Crippen LogP contribution in [0.4, 0.5) is 4.79 Å². The smallest absolute Gasteiger partial charge is 0.416 e. The number of ether oxygens (including phenoxy) is 1. The summed E-state index contributed by atoms with van der Waals surface area (Å²) in [6.07, 6.45) is 2.65. The van der Waals surface area contributed by atoms with E-state index in [4.69, 9.17) is 4.74 Å². The largest absolute Gasteiger partial charge is 0.447 e. The third kappa shape index (κ3) is 3.15. The molecule has 1 fully saturated rings. The van der Waals surface area contributed by atoms with Gasteiger partial charge in [0.1, 0.15) is 6.61 Å². The lowest BCUT2D eigenvalue weighted by Crippen LogP contribution is -2.42. The third-order valence-corrected chi connectivity index (χ3v) is 7.62. The second-order valence-electron chi connectivity index (χ2n) is 7.85. The van der Waals surface area contributed by atoms with Gasteiger partial charge in [0.25, 0.3) is 0 Å². The topological polar surface area (TPSA) is 66.8 Å². The van der Waals surface area contributed by atoms with Crippen molar-refractivity contribution in [2.45, 2.75) is 41.9 Å². The lowest BCUT2D eigenvalue weighted by molar-refractivity contribution is -0.136. The van der Waals surface area contributed by atoms with E-state index in [0.717, 1.165) is 46.6 Å². The summed E-state index contributed by atoms with van der Waals surface area (Å²) in [7, 11) is 0. The molecule has 3 atom stereocenters. The molecule has 2 aromatic rings. The van der Waals surface area contributed by atoms with Gasteiger partial charge in [-0.1, -0.05) is 36.4 Å². The summed E-state index contributed by atoms with van der Waals surface area (Å²) in [4.78, 5) is 27.7. The number of aryl methyl sites for hydroxylation is 1. The fourth-order valence-corrected chi connectivity index (χ4v) is 6.27. The van der Waals surface area contributed by atoms with Crippen LogP contribution < -0.4 is 0 Å². The first-order valence-corrected chi connectivity index (χ1v) is 11.1. The molecular formula is C23H23NO4S. The number of imide groups is 1. The van der Waals surface area contributed by atoms with E-state index < -0.39 is 18.1 Å². The van der Waals surface area contributed by atoms with E-state index in [1.165, 1.54) is 11.1 Å². The molecule has 0 saturated carbocycles. The minimum atomic E-state index is -0.939. The average Bonchev–Trinajstić information content (AvgIpc) is 3.19. The van der Waals surface area contributed by atoms with Crippen LogP contribution >= 0.6 is 11.8 Å². The van der Waals surface area contributed by atoms with Crippen LogP contribution in [0.15, 0.2) is 47.4 Å². The standard InChI is InChI=1S/C23H23NO4S/c25-20-18-16-9-5-4-6-14(16)10-11-17(18)29-21(15-7-2-1-3-8-15)19(20)22(26)24-12-13-28-23(24)27/h1-3,7-8,10-11,19-21,25H,4-6,9,12-13H2/t19-,20+,21+/m1/s1. The van der Waals surface area contributed by atoms with Crippen molar-refractivity contribution in [3.8, 4) is 0 Å². The van der Waals surface area contributed by atoms with Crippen LogP contribution in [0, 0.1) is 5.92 Å². The van der Waals surface area contributed by atoms with Crippen LogP contribution in [0.25, 0.3) is 0 Å². The molecule has 0 aromatic heterocycles. The van der Waals surface area contributed by atoms with E-state index >= 15 is 0 Å². The normalized spacial score (nSPS) is 25.9. The van der Waals surface area contributed by atoms with E-state index in [1.54, 1.807) is 11.8 Å². The first-order chi connectivity index (χ1) is 14.1. The van der Waals surface area contributed by atoms with Crippen LogP contribution in [0.3, 0.4) is 0 Å². The maximum Gasteiger partial charge on any atom is 0.416 e. The predicted molar refractivity (Wildman–Crippen MR) is 110 cm³/mol. The second-order valence-corrected chi connectivity index (χ2v) is 9.03. The Morgan fingerprint density at radius 2 is 1.90 bits per heavy atom. The lowest BCUT2D eigenvalue weighted by Gasteiger charge is -2.39. The molecule has 0 unspecified atom stereocenters. The van der Waals surface area contributed by atoms with Gasteiger partial charge in [-0.3, -0.25) is 4.79 Å². The van der Waals surface area contributed by atoms with Crippen molar-refractivity contribution in [2.75, 3.05) is 13.2 Å². The number of rotatable bonds is 2. The molecule has 6 heteroatoms. The first kappa shape index (κ1) is 18.7. The van der Waals surface area contributed by atoms with Gasteiger partial charge in [0.15, 0.2) is 0 Å². The molecule has 2 heterocycles. The summed E-state index contributed by atoms with van der Waals surface area (Å²) >= 11 is 1.62. The SMILES string of the molecule is O=C1OCCN1C(=O)[C@@H]1[C@@H](O)c2c(ccc3c2CCCC3)S[C@H]1c1ccccc1. The van der Waals surface area contributed by atoms with Crippen LogP contribution in [0.2, 0.25) is 0 Å². The minimum Gasteiger partial charge on any atom is -0.447 e. The molecule has 0 radical (unpaired) electrons. The van der Waals surface area contributed by atoms with Crippen molar-refractivity contribution in [1.29, 1.82) is 0 Å². The summed E-state index contributed by atoms with van der Waals surface area (Å²) in [6.45, 7) is 0.454. The molecule has 3 aliphatic rings. The number of aliphatic hydroxyl groups is 1. The zero-order chi connectivity index (χ0) is 20.0. The van der Waals surface area contributed by atoms with Crippen LogP contribution in [0.1, 0.15) is 46.4 Å². The molecule has 1 saturated heterocycles. The predicted octanol–water partition coefficient (Wildman–Crippen LogP) is 4.04. The molecular weight excluding hydrogens is 386 g/mol. The van der Waals surface area contributed by atoms with E-state index in [-0.39, 0.29) is 24.3 Å². The molecule has 1 N–H and O–H groups in total. The number of benzene rings is 2. The maximum atomic E-state index is 13.4. The van der Waals surface area contributed by atoms with Gasteiger partial charge in [-0.15, -0.1) is 11.8 Å². The van der Waals surface area contributed by atoms with Crippen molar-refractivity contribution >= 4 is 23.8 Å². The van der Waals surface area contributed by atoms with E-state index in [1.807, 2.05) is 30.3 Å². The first-order valence-electron chi connectivity index (χ1n) is 10.2. The lowest BCUT2D eigenvalue weighted by atomic mass is 9.81. The minimum absolute atomic E-state index is 0.211. The van der Waals surface area contributed by atoms with Crippen molar-refractivity contribution in [1.82, 2.24) is 4.90 Å². The summed E-state index contributed by atoms with van der Waals surface area (Å²) in [6, 6.07) is 14.1. The fourth-order valence-electron chi connectivity index (χ4n) is 4.77. The number of amides is 2. The Balaban J connectivity index is 1.62. The molecule has 2 amide bonds. The number of cyclic esters (lactones) is 1. The van der Waals surface area contributed by atoms with E-state index in [9.17, 15) is 14.7 Å². The summed E-state index contributed by atoms with van der Waals surface area (Å²) < 4.78 is 4.99. The van der Waals surface area contributed by atoms with Gasteiger partial charge < -0.3 is 9.84 Å². The van der Waals surface area contributed by atoms with Crippen molar-refractivity contribution in [2.24, 2.45) is 5.92 Å². The zero-order valence-corrected chi connectivity index (χ0v) is 16.9. The monoisotopic (exact) mass is 409 g/mol. The maximum absolute atomic E-state index is 13.4. The molecule has 5 nitrogen and oxygen atoms in total. The van der Waals surface area contributed by atoms with Gasteiger partial charge in [0, 0.05) is 10.1 Å². The molecule has 2 aliphatic heterocycles. The molecule has 1 aliphatic carbocycles. The van der Waals surface area contributed by atoms with Crippen LogP contribution in [-0.4, -0.2) is 35.2 Å². The Kier molecular flexibility index (Phi) is 4.84. The quantitative estimate of drug-likeness (QED) is 0.811. The second kappa shape index (κ2) is 7.50. The summed E-state index contributed by atoms with van der Waals surface area (Å²) in [5, 5.41) is 11.3. The van der Waals surface area contributed by atoms with Crippen molar-refractivity contribution < 1.29 is 19.4 Å². The molecule has 5 rings (SSSR count). The van der Waals surface area contributed by atoms with Gasteiger partial charge in [0.05, 0.1) is 18.6 Å². The van der Waals surface area contributed by atoms with Gasteiger partial charge in [-0.25, -0.2) is 9.69 Å². The molecule has 0 bridgehead atoms. The fraction of sp³-hybridized carbons (Fsp3) is 0.391. The number of carbonyl (C=O) groups excluding carboxylic acids is 2. The number of thioether (sulfide) groups is 1. The molecule has 2 aromatic carbocycles. The van der Waals surface area contributed by atoms with Gasteiger partial charge in [-0.05, 0) is 54.0 Å². The third-order valence-electron chi connectivity index (χ3n) is 6.19. The number of carbonyl (C=O) groups is 2. The van der Waals surface area contributed by atoms with Gasteiger partial charge in [-0.2, -0.15) is 0 Å². The molecule has 29 heavy (non-hydrogen) atoms. The zero-order valence-electron chi connectivity index (χ0n) is 16.0. The Bertz CT molecular complexity index is 961. The number of fused-ring (bicyclic) bond motifs is 3. The average molecular weight is 410 g/mol.